The number of rotatable bonds is 5. The minimum Gasteiger partial charge on any atom is -0.300 e. The van der Waals surface area contributed by atoms with Crippen LogP contribution in [0.3, 0.4) is 0 Å². The van der Waals surface area contributed by atoms with E-state index in [4.69, 9.17) is 0 Å². The van der Waals surface area contributed by atoms with Gasteiger partial charge < -0.3 is 0 Å². The summed E-state index contributed by atoms with van der Waals surface area (Å²) in [5, 5.41) is 12.7. The maximum absolute atomic E-state index is 9.34. The average molecular weight is 221 g/mol. The van der Waals surface area contributed by atoms with Crippen molar-refractivity contribution in [3.05, 3.63) is 0 Å². The lowest BCUT2D eigenvalue weighted by atomic mass is 9.99. The Hall–Kier alpha value is -0.590. The van der Waals surface area contributed by atoms with Gasteiger partial charge in [-0.15, -0.1) is 0 Å². The van der Waals surface area contributed by atoms with Gasteiger partial charge in [-0.25, -0.2) is 0 Å². The van der Waals surface area contributed by atoms with Crippen LogP contribution in [0.25, 0.3) is 0 Å². The Morgan fingerprint density at radius 1 is 1.31 bits per heavy atom. The maximum atomic E-state index is 9.34. The zero-order valence-corrected chi connectivity index (χ0v) is 10.5. The minimum absolute atomic E-state index is 0.234. The third kappa shape index (κ3) is 2.23. The standard InChI is InChI=1S/C13H23N3/c1-3-15-13(10-14)8-7-12(9-13)16(4-2)11-5-6-11/h11-12,15H,3-9H2,1-2H3. The highest BCUT2D eigenvalue weighted by Crippen LogP contribution is 2.38. The summed E-state index contributed by atoms with van der Waals surface area (Å²) in [6, 6.07) is 3.97. The molecule has 1 N–H and O–H groups in total. The Morgan fingerprint density at radius 2 is 2.06 bits per heavy atom. The molecule has 2 rings (SSSR count). The number of nitrogens with zero attached hydrogens (tertiary/aromatic N) is 2. The van der Waals surface area contributed by atoms with Crippen LogP contribution in [0.5, 0.6) is 0 Å². The molecule has 2 unspecified atom stereocenters. The van der Waals surface area contributed by atoms with Crippen molar-refractivity contribution >= 4 is 0 Å². The Labute approximate surface area is 98.8 Å². The lowest BCUT2D eigenvalue weighted by molar-refractivity contribution is 0.192. The van der Waals surface area contributed by atoms with Crippen LogP contribution in [-0.2, 0) is 0 Å². The highest BCUT2D eigenvalue weighted by atomic mass is 15.2. The topological polar surface area (TPSA) is 39.1 Å². The van der Waals surface area contributed by atoms with E-state index in [2.05, 4.69) is 30.1 Å². The normalized spacial score (nSPS) is 34.2. The first-order valence-electron chi connectivity index (χ1n) is 6.66. The van der Waals surface area contributed by atoms with Crippen LogP contribution in [0.4, 0.5) is 0 Å². The molecule has 0 aromatic carbocycles. The Morgan fingerprint density at radius 3 is 2.56 bits per heavy atom. The zero-order chi connectivity index (χ0) is 11.6. The van der Waals surface area contributed by atoms with Crippen molar-refractivity contribution in [1.29, 1.82) is 5.26 Å². The molecule has 90 valence electrons. The second kappa shape index (κ2) is 4.73. The SMILES string of the molecule is CCNC1(C#N)CCC(N(CC)C2CC2)C1. The summed E-state index contributed by atoms with van der Waals surface area (Å²) in [7, 11) is 0. The van der Waals surface area contributed by atoms with Crippen molar-refractivity contribution < 1.29 is 0 Å². The van der Waals surface area contributed by atoms with E-state index in [0.717, 1.165) is 32.0 Å². The molecule has 2 fully saturated rings. The molecule has 0 radical (unpaired) electrons. The van der Waals surface area contributed by atoms with Crippen LogP contribution >= 0.6 is 0 Å². The van der Waals surface area contributed by atoms with Gasteiger partial charge >= 0.3 is 0 Å². The van der Waals surface area contributed by atoms with E-state index in [9.17, 15) is 5.26 Å². The average Bonchev–Trinajstić information content (AvgIpc) is 3.03. The molecule has 0 aromatic rings. The lowest BCUT2D eigenvalue weighted by Gasteiger charge is -2.29. The van der Waals surface area contributed by atoms with Crippen LogP contribution in [-0.4, -0.2) is 35.6 Å². The molecule has 3 heteroatoms. The quantitative estimate of drug-likeness (QED) is 0.770. The number of nitriles is 1. The van der Waals surface area contributed by atoms with Crippen molar-refractivity contribution in [2.75, 3.05) is 13.1 Å². The molecule has 16 heavy (non-hydrogen) atoms. The second-order valence-electron chi connectivity index (χ2n) is 5.18. The van der Waals surface area contributed by atoms with Gasteiger partial charge in [-0.05, 0) is 45.2 Å². The van der Waals surface area contributed by atoms with E-state index in [1.165, 1.54) is 19.3 Å². The molecule has 0 spiro atoms. The fraction of sp³-hybridized carbons (Fsp3) is 0.923. The van der Waals surface area contributed by atoms with Crippen molar-refractivity contribution in [2.45, 2.75) is 63.6 Å². The monoisotopic (exact) mass is 221 g/mol. The van der Waals surface area contributed by atoms with E-state index < -0.39 is 0 Å². The summed E-state index contributed by atoms with van der Waals surface area (Å²) < 4.78 is 0. The molecule has 3 nitrogen and oxygen atoms in total. The molecular formula is C13H23N3. The Bertz CT molecular complexity index is 279. The lowest BCUT2D eigenvalue weighted by Crippen LogP contribution is -2.44. The van der Waals surface area contributed by atoms with E-state index in [0.29, 0.717) is 6.04 Å². The number of hydrogen-bond acceptors (Lipinski definition) is 3. The van der Waals surface area contributed by atoms with E-state index in [1.807, 2.05) is 0 Å². The Balaban J connectivity index is 1.97. The fourth-order valence-corrected chi connectivity index (χ4v) is 3.16. The summed E-state index contributed by atoms with van der Waals surface area (Å²) in [4.78, 5) is 2.62. The summed E-state index contributed by atoms with van der Waals surface area (Å²) in [5.74, 6) is 0. The van der Waals surface area contributed by atoms with Gasteiger partial charge in [0.15, 0.2) is 0 Å². The molecule has 0 bridgehead atoms. The van der Waals surface area contributed by atoms with Crippen LogP contribution in [0.2, 0.25) is 0 Å². The van der Waals surface area contributed by atoms with Crippen LogP contribution in [0, 0.1) is 11.3 Å². The predicted molar refractivity (Wildman–Crippen MR) is 65.1 cm³/mol. The summed E-state index contributed by atoms with van der Waals surface area (Å²) in [6.45, 7) is 6.38. The first kappa shape index (κ1) is 11.9. The molecular weight excluding hydrogens is 198 g/mol. The third-order valence-electron chi connectivity index (χ3n) is 4.07. The van der Waals surface area contributed by atoms with Gasteiger partial charge in [-0.1, -0.05) is 13.8 Å². The molecule has 0 heterocycles. The molecule has 0 amide bonds. The molecule has 2 atom stereocenters. The molecule has 2 aliphatic rings. The summed E-state index contributed by atoms with van der Waals surface area (Å²) in [6.07, 6.45) is 5.95. The summed E-state index contributed by atoms with van der Waals surface area (Å²) in [5.41, 5.74) is -0.234. The van der Waals surface area contributed by atoms with Crippen LogP contribution in [0.1, 0.15) is 46.0 Å². The largest absolute Gasteiger partial charge is 0.300 e. The van der Waals surface area contributed by atoms with E-state index in [-0.39, 0.29) is 5.54 Å². The van der Waals surface area contributed by atoms with Gasteiger partial charge in [-0.2, -0.15) is 5.26 Å². The predicted octanol–water partition coefficient (Wildman–Crippen LogP) is 1.90. The van der Waals surface area contributed by atoms with Gasteiger partial charge in [0, 0.05) is 12.1 Å². The second-order valence-corrected chi connectivity index (χ2v) is 5.18. The first-order chi connectivity index (χ1) is 7.74. The highest BCUT2D eigenvalue weighted by molar-refractivity contribution is 5.14. The van der Waals surface area contributed by atoms with Gasteiger partial charge in [0.1, 0.15) is 5.54 Å². The molecule has 0 aliphatic heterocycles. The minimum atomic E-state index is -0.234. The van der Waals surface area contributed by atoms with Gasteiger partial charge in [0.05, 0.1) is 6.07 Å². The number of hydrogen-bond donors (Lipinski definition) is 1. The molecule has 0 saturated heterocycles. The number of nitrogens with one attached hydrogen (secondary N) is 1. The van der Waals surface area contributed by atoms with Crippen LogP contribution in [0.15, 0.2) is 0 Å². The van der Waals surface area contributed by atoms with Gasteiger partial charge in [0.25, 0.3) is 0 Å². The first-order valence-corrected chi connectivity index (χ1v) is 6.66. The van der Waals surface area contributed by atoms with Gasteiger partial charge in [-0.3, -0.25) is 10.2 Å². The molecule has 2 saturated carbocycles. The van der Waals surface area contributed by atoms with Crippen LogP contribution < -0.4 is 5.32 Å². The smallest absolute Gasteiger partial charge is 0.108 e. The molecule has 2 aliphatic carbocycles. The van der Waals surface area contributed by atoms with E-state index >= 15 is 0 Å². The highest BCUT2D eigenvalue weighted by Gasteiger charge is 2.43. The third-order valence-corrected chi connectivity index (χ3v) is 4.07. The van der Waals surface area contributed by atoms with Crippen molar-refractivity contribution in [2.24, 2.45) is 0 Å². The van der Waals surface area contributed by atoms with E-state index in [1.54, 1.807) is 0 Å². The van der Waals surface area contributed by atoms with Crippen molar-refractivity contribution in [3.63, 3.8) is 0 Å². The fourth-order valence-electron chi connectivity index (χ4n) is 3.16. The van der Waals surface area contributed by atoms with Crippen molar-refractivity contribution in [1.82, 2.24) is 10.2 Å². The zero-order valence-electron chi connectivity index (χ0n) is 10.5. The van der Waals surface area contributed by atoms with Crippen molar-refractivity contribution in [3.8, 4) is 6.07 Å². The summed E-state index contributed by atoms with van der Waals surface area (Å²) >= 11 is 0. The molecule has 0 aromatic heterocycles. The van der Waals surface area contributed by atoms with Gasteiger partial charge in [0.2, 0.25) is 0 Å². The Kier molecular flexibility index (Phi) is 3.51. The maximum Gasteiger partial charge on any atom is 0.108 e.